The van der Waals surface area contributed by atoms with Crippen LogP contribution in [0.15, 0.2) is 30.5 Å². The molecule has 116 valence electrons. The molecule has 2 aromatic rings. The summed E-state index contributed by atoms with van der Waals surface area (Å²) in [6.07, 6.45) is 4.35. The van der Waals surface area contributed by atoms with Crippen LogP contribution in [0.1, 0.15) is 37.1 Å². The van der Waals surface area contributed by atoms with Gasteiger partial charge in [-0.15, -0.1) is 0 Å². The number of aromatic nitrogens is 2. The molecule has 0 atom stereocenters. The first-order valence-electron chi connectivity index (χ1n) is 8.26. The van der Waals surface area contributed by atoms with Crippen LogP contribution in [0.5, 0.6) is 0 Å². The van der Waals surface area contributed by atoms with Crippen molar-refractivity contribution < 1.29 is 0 Å². The second-order valence-corrected chi connectivity index (χ2v) is 6.74. The van der Waals surface area contributed by atoms with Crippen molar-refractivity contribution in [2.75, 3.05) is 13.1 Å². The molecular formula is C19H25N3. The quantitative estimate of drug-likeness (QED) is 0.857. The highest BCUT2D eigenvalue weighted by atomic mass is 15.1. The molecule has 3 rings (SSSR count). The Balaban J connectivity index is 1.78. The number of aryl methyl sites for hydroxylation is 1. The zero-order valence-corrected chi connectivity index (χ0v) is 13.8. The molecule has 1 aromatic heterocycles. The normalized spacial score (nSPS) is 15.1. The van der Waals surface area contributed by atoms with Crippen molar-refractivity contribution >= 4 is 0 Å². The molecule has 3 nitrogen and oxygen atoms in total. The van der Waals surface area contributed by atoms with Gasteiger partial charge in [0.05, 0.1) is 5.69 Å². The summed E-state index contributed by atoms with van der Waals surface area (Å²) < 4.78 is 0. The largest absolute Gasteiger partial charge is 0.297 e. The van der Waals surface area contributed by atoms with Gasteiger partial charge in [-0.1, -0.05) is 43.7 Å². The van der Waals surface area contributed by atoms with E-state index in [0.717, 1.165) is 36.8 Å². The number of nitrogens with zero attached hydrogens (tertiary/aromatic N) is 3. The smallest absolute Gasteiger partial charge is 0.159 e. The molecule has 0 bridgehead atoms. The predicted octanol–water partition coefficient (Wildman–Crippen LogP) is 3.86. The maximum absolute atomic E-state index is 4.84. The van der Waals surface area contributed by atoms with Gasteiger partial charge in [-0.3, -0.25) is 4.90 Å². The zero-order valence-electron chi connectivity index (χ0n) is 13.8. The minimum absolute atomic E-state index is 0.759. The maximum atomic E-state index is 4.84. The summed E-state index contributed by atoms with van der Waals surface area (Å²) in [4.78, 5) is 11.9. The van der Waals surface area contributed by atoms with Crippen molar-refractivity contribution in [3.05, 3.63) is 47.3 Å². The summed E-state index contributed by atoms with van der Waals surface area (Å²) in [5.41, 5.74) is 4.89. The van der Waals surface area contributed by atoms with Gasteiger partial charge in [0.1, 0.15) is 0 Å². The third-order valence-corrected chi connectivity index (χ3v) is 4.36. The van der Waals surface area contributed by atoms with Crippen LogP contribution in [0.4, 0.5) is 0 Å². The Morgan fingerprint density at radius 2 is 1.95 bits per heavy atom. The van der Waals surface area contributed by atoms with Gasteiger partial charge in [-0.25, -0.2) is 9.97 Å². The third-order valence-electron chi connectivity index (χ3n) is 4.36. The molecular weight excluding hydrogens is 270 g/mol. The van der Waals surface area contributed by atoms with E-state index in [1.54, 1.807) is 0 Å². The lowest BCUT2D eigenvalue weighted by Gasteiger charge is -2.28. The highest BCUT2D eigenvalue weighted by molar-refractivity contribution is 5.55. The Bertz CT molecular complexity index is 632. The van der Waals surface area contributed by atoms with Crippen molar-refractivity contribution in [1.82, 2.24) is 14.9 Å². The van der Waals surface area contributed by atoms with Crippen molar-refractivity contribution in [2.24, 2.45) is 5.92 Å². The van der Waals surface area contributed by atoms with Gasteiger partial charge in [0.2, 0.25) is 0 Å². The molecule has 2 heterocycles. The first kappa shape index (κ1) is 15.2. The Labute approximate surface area is 133 Å². The number of hydrogen-bond donors (Lipinski definition) is 0. The van der Waals surface area contributed by atoms with Crippen LogP contribution in [0, 0.1) is 12.8 Å². The Kier molecular flexibility index (Phi) is 4.53. The summed E-state index contributed by atoms with van der Waals surface area (Å²) in [6, 6.07) is 8.45. The van der Waals surface area contributed by atoms with E-state index in [9.17, 15) is 0 Å². The fraction of sp³-hybridized carbons (Fsp3) is 0.474. The van der Waals surface area contributed by atoms with E-state index in [4.69, 9.17) is 4.98 Å². The number of benzene rings is 1. The molecule has 0 saturated carbocycles. The topological polar surface area (TPSA) is 29.0 Å². The first-order chi connectivity index (χ1) is 10.6. The van der Waals surface area contributed by atoms with Crippen molar-refractivity contribution in [3.63, 3.8) is 0 Å². The lowest BCUT2D eigenvalue weighted by Crippen LogP contribution is -2.32. The molecule has 0 amide bonds. The second kappa shape index (κ2) is 6.57. The van der Waals surface area contributed by atoms with Crippen molar-refractivity contribution in [2.45, 2.75) is 40.2 Å². The highest BCUT2D eigenvalue weighted by Gasteiger charge is 2.18. The van der Waals surface area contributed by atoms with E-state index in [0.29, 0.717) is 0 Å². The lowest BCUT2D eigenvalue weighted by atomic mass is 10.0. The average Bonchev–Trinajstić information content (AvgIpc) is 2.53. The zero-order chi connectivity index (χ0) is 15.5. The van der Waals surface area contributed by atoms with Gasteiger partial charge in [0, 0.05) is 24.8 Å². The van der Waals surface area contributed by atoms with Crippen molar-refractivity contribution in [1.29, 1.82) is 0 Å². The first-order valence-corrected chi connectivity index (χ1v) is 8.26. The minimum Gasteiger partial charge on any atom is -0.297 e. The molecule has 0 spiro atoms. The van der Waals surface area contributed by atoms with Crippen LogP contribution in [0.3, 0.4) is 0 Å². The summed E-state index contributed by atoms with van der Waals surface area (Å²) in [5, 5.41) is 0. The summed E-state index contributed by atoms with van der Waals surface area (Å²) in [5.74, 6) is 1.61. The van der Waals surface area contributed by atoms with Gasteiger partial charge in [0.15, 0.2) is 5.82 Å². The summed E-state index contributed by atoms with van der Waals surface area (Å²) >= 11 is 0. The average molecular weight is 295 g/mol. The lowest BCUT2D eigenvalue weighted by molar-refractivity contribution is 0.235. The molecule has 0 fully saturated rings. The Morgan fingerprint density at radius 3 is 2.68 bits per heavy atom. The molecule has 0 N–H and O–H groups in total. The van der Waals surface area contributed by atoms with E-state index in [1.165, 1.54) is 29.8 Å². The van der Waals surface area contributed by atoms with E-state index in [2.05, 4.69) is 54.9 Å². The van der Waals surface area contributed by atoms with Crippen LogP contribution in [-0.4, -0.2) is 28.0 Å². The van der Waals surface area contributed by atoms with E-state index >= 15 is 0 Å². The number of rotatable bonds is 4. The number of fused-ring (bicyclic) bond motifs is 1. The van der Waals surface area contributed by atoms with Gasteiger partial charge >= 0.3 is 0 Å². The molecule has 0 saturated heterocycles. The molecule has 0 radical (unpaired) electrons. The van der Waals surface area contributed by atoms with Crippen LogP contribution >= 0.6 is 0 Å². The molecule has 3 heteroatoms. The molecule has 1 aliphatic heterocycles. The van der Waals surface area contributed by atoms with Gasteiger partial charge in [-0.2, -0.15) is 0 Å². The highest BCUT2D eigenvalue weighted by Crippen LogP contribution is 2.21. The van der Waals surface area contributed by atoms with Crippen molar-refractivity contribution in [3.8, 4) is 11.4 Å². The molecule has 0 unspecified atom stereocenters. The summed E-state index contributed by atoms with van der Waals surface area (Å²) in [6.45, 7) is 9.94. The van der Waals surface area contributed by atoms with Gasteiger partial charge in [0.25, 0.3) is 0 Å². The predicted molar refractivity (Wildman–Crippen MR) is 90.6 cm³/mol. The SMILES string of the molecule is Cc1ccc(-c2ncc3c(n2)CN(CCC(C)C)CC3)cc1. The van der Waals surface area contributed by atoms with Gasteiger partial charge in [-0.05, 0) is 37.8 Å². The third kappa shape index (κ3) is 3.53. The van der Waals surface area contributed by atoms with Crippen LogP contribution in [0.2, 0.25) is 0 Å². The van der Waals surface area contributed by atoms with E-state index in [-0.39, 0.29) is 0 Å². The molecule has 1 aromatic carbocycles. The summed E-state index contributed by atoms with van der Waals surface area (Å²) in [7, 11) is 0. The molecule has 0 aliphatic carbocycles. The fourth-order valence-electron chi connectivity index (χ4n) is 2.83. The number of hydrogen-bond acceptors (Lipinski definition) is 3. The van der Waals surface area contributed by atoms with Crippen LogP contribution < -0.4 is 0 Å². The standard InChI is InChI=1S/C19H25N3/c1-14(2)8-10-22-11-9-17-12-20-19(21-18(17)13-22)16-6-4-15(3)5-7-16/h4-7,12,14H,8-11,13H2,1-3H3. The van der Waals surface area contributed by atoms with Crippen LogP contribution in [0.25, 0.3) is 11.4 Å². The monoisotopic (exact) mass is 295 g/mol. The van der Waals surface area contributed by atoms with E-state index in [1.807, 2.05) is 6.20 Å². The Hall–Kier alpha value is -1.74. The van der Waals surface area contributed by atoms with Gasteiger partial charge < -0.3 is 0 Å². The molecule has 1 aliphatic rings. The molecule has 22 heavy (non-hydrogen) atoms. The van der Waals surface area contributed by atoms with Crippen LogP contribution in [-0.2, 0) is 13.0 Å². The Morgan fingerprint density at radius 1 is 1.18 bits per heavy atom. The second-order valence-electron chi connectivity index (χ2n) is 6.74. The minimum atomic E-state index is 0.759. The van der Waals surface area contributed by atoms with E-state index < -0.39 is 0 Å². The fourth-order valence-corrected chi connectivity index (χ4v) is 2.83. The maximum Gasteiger partial charge on any atom is 0.159 e.